The highest BCUT2D eigenvalue weighted by molar-refractivity contribution is 7.93. The fourth-order valence-electron chi connectivity index (χ4n) is 0.574. The van der Waals surface area contributed by atoms with Gasteiger partial charge in [0.2, 0.25) is 5.91 Å². The summed E-state index contributed by atoms with van der Waals surface area (Å²) < 4.78 is 21.2. The van der Waals surface area contributed by atoms with Crippen LogP contribution in [0, 0.1) is 0 Å². The predicted octanol–water partition coefficient (Wildman–Crippen LogP) is -0.190. The average molecular weight is 177 g/mol. The Balaban J connectivity index is 4.79. The Kier molecular flexibility index (Phi) is 3.25. The molecule has 0 saturated carbocycles. The summed E-state index contributed by atoms with van der Waals surface area (Å²) in [6.07, 6.45) is 1.36. The van der Waals surface area contributed by atoms with Crippen molar-refractivity contribution in [3.05, 3.63) is 11.0 Å². The van der Waals surface area contributed by atoms with E-state index in [-0.39, 0.29) is 5.57 Å². The summed E-state index contributed by atoms with van der Waals surface area (Å²) in [6, 6.07) is 0. The molecule has 0 aromatic carbocycles. The first-order valence-electron chi connectivity index (χ1n) is 3.07. The van der Waals surface area contributed by atoms with Crippen molar-refractivity contribution in [1.29, 1.82) is 0 Å². The van der Waals surface area contributed by atoms with Crippen LogP contribution in [0.4, 0.5) is 0 Å². The molecule has 0 aromatic rings. The van der Waals surface area contributed by atoms with Gasteiger partial charge in [0.1, 0.15) is 0 Å². The summed E-state index contributed by atoms with van der Waals surface area (Å²) in [5, 5.41) is 0.898. The van der Waals surface area contributed by atoms with E-state index in [2.05, 4.69) is 0 Å². The SMILES string of the molecule is CCC(=CS(C)(=O)=O)C(N)=O. The Morgan fingerprint density at radius 2 is 2.00 bits per heavy atom. The molecular weight excluding hydrogens is 166 g/mol. The Morgan fingerprint density at radius 1 is 1.55 bits per heavy atom. The smallest absolute Gasteiger partial charge is 0.245 e. The largest absolute Gasteiger partial charge is 0.366 e. The number of rotatable bonds is 3. The third-order valence-electron chi connectivity index (χ3n) is 1.05. The number of hydrogen-bond donors (Lipinski definition) is 1. The van der Waals surface area contributed by atoms with Crippen molar-refractivity contribution in [1.82, 2.24) is 0 Å². The molecule has 0 unspecified atom stereocenters. The molecule has 0 rings (SSSR count). The summed E-state index contributed by atoms with van der Waals surface area (Å²) in [5.41, 5.74) is 5.01. The molecule has 64 valence electrons. The van der Waals surface area contributed by atoms with Crippen LogP contribution >= 0.6 is 0 Å². The summed E-state index contributed by atoms with van der Waals surface area (Å²) in [6.45, 7) is 1.67. The van der Waals surface area contributed by atoms with Crippen LogP contribution in [-0.4, -0.2) is 20.6 Å². The van der Waals surface area contributed by atoms with E-state index in [1.807, 2.05) is 0 Å². The van der Waals surface area contributed by atoms with Gasteiger partial charge in [0.25, 0.3) is 0 Å². The fraction of sp³-hybridized carbons (Fsp3) is 0.500. The molecule has 0 bridgehead atoms. The molecule has 0 heterocycles. The van der Waals surface area contributed by atoms with Gasteiger partial charge in [-0.2, -0.15) is 0 Å². The van der Waals surface area contributed by atoms with Gasteiger partial charge in [-0.05, 0) is 6.42 Å². The zero-order chi connectivity index (χ0) is 9.07. The third-order valence-corrected chi connectivity index (χ3v) is 1.77. The molecule has 0 aliphatic rings. The molecule has 0 aliphatic carbocycles. The van der Waals surface area contributed by atoms with E-state index in [0.717, 1.165) is 11.7 Å². The zero-order valence-corrected chi connectivity index (χ0v) is 7.31. The summed E-state index contributed by atoms with van der Waals surface area (Å²) in [7, 11) is -3.24. The molecule has 0 aromatic heterocycles. The quantitative estimate of drug-likeness (QED) is 0.607. The second kappa shape index (κ2) is 3.52. The molecule has 0 fully saturated rings. The van der Waals surface area contributed by atoms with Crippen molar-refractivity contribution >= 4 is 15.7 Å². The number of sulfone groups is 1. The van der Waals surface area contributed by atoms with Gasteiger partial charge in [-0.25, -0.2) is 8.42 Å². The van der Waals surface area contributed by atoms with Gasteiger partial charge < -0.3 is 5.73 Å². The maximum atomic E-state index is 10.6. The zero-order valence-electron chi connectivity index (χ0n) is 6.49. The predicted molar refractivity (Wildman–Crippen MR) is 42.4 cm³/mol. The van der Waals surface area contributed by atoms with Gasteiger partial charge in [0.05, 0.1) is 0 Å². The topological polar surface area (TPSA) is 77.2 Å². The van der Waals surface area contributed by atoms with Crippen LogP contribution in [0.3, 0.4) is 0 Å². The number of hydrogen-bond acceptors (Lipinski definition) is 3. The first-order valence-corrected chi connectivity index (χ1v) is 5.02. The van der Waals surface area contributed by atoms with Gasteiger partial charge in [-0.1, -0.05) is 6.92 Å². The van der Waals surface area contributed by atoms with E-state index >= 15 is 0 Å². The van der Waals surface area contributed by atoms with E-state index in [9.17, 15) is 13.2 Å². The molecule has 0 atom stereocenters. The lowest BCUT2D eigenvalue weighted by atomic mass is 10.2. The maximum Gasteiger partial charge on any atom is 0.245 e. The van der Waals surface area contributed by atoms with E-state index in [1.165, 1.54) is 0 Å². The minimum atomic E-state index is -3.24. The molecule has 0 spiro atoms. The van der Waals surface area contributed by atoms with Crippen molar-refractivity contribution in [2.45, 2.75) is 13.3 Å². The van der Waals surface area contributed by atoms with Crippen molar-refractivity contribution in [2.75, 3.05) is 6.26 Å². The van der Waals surface area contributed by atoms with Crippen LogP contribution in [0.15, 0.2) is 11.0 Å². The minimum Gasteiger partial charge on any atom is -0.366 e. The van der Waals surface area contributed by atoms with Crippen LogP contribution in [-0.2, 0) is 14.6 Å². The standard InChI is InChI=1S/C6H11NO3S/c1-3-5(6(7)8)4-11(2,9)10/h4H,3H2,1-2H3,(H2,7,8). The molecule has 0 radical (unpaired) electrons. The molecule has 4 nitrogen and oxygen atoms in total. The molecule has 5 heteroatoms. The summed E-state index contributed by atoms with van der Waals surface area (Å²) in [5.74, 6) is -0.682. The lowest BCUT2D eigenvalue weighted by Crippen LogP contribution is -2.14. The fourth-order valence-corrected chi connectivity index (χ4v) is 1.37. The van der Waals surface area contributed by atoms with E-state index in [1.54, 1.807) is 6.92 Å². The number of amides is 1. The van der Waals surface area contributed by atoms with Crippen LogP contribution in [0.1, 0.15) is 13.3 Å². The van der Waals surface area contributed by atoms with Crippen molar-refractivity contribution in [3.63, 3.8) is 0 Å². The lowest BCUT2D eigenvalue weighted by Gasteiger charge is -1.95. The lowest BCUT2D eigenvalue weighted by molar-refractivity contribution is -0.114. The minimum absolute atomic E-state index is 0.132. The number of carbonyl (C=O) groups is 1. The van der Waals surface area contributed by atoms with Crippen molar-refractivity contribution in [3.8, 4) is 0 Å². The Hall–Kier alpha value is -0.840. The average Bonchev–Trinajstić information content (AvgIpc) is 1.80. The Bertz CT molecular complexity index is 276. The number of primary amides is 1. The molecule has 1 amide bonds. The van der Waals surface area contributed by atoms with Crippen LogP contribution in [0.25, 0.3) is 0 Å². The number of nitrogens with two attached hydrogens (primary N) is 1. The highest BCUT2D eigenvalue weighted by atomic mass is 32.2. The summed E-state index contributed by atoms with van der Waals surface area (Å²) >= 11 is 0. The normalized spacial score (nSPS) is 13.1. The highest BCUT2D eigenvalue weighted by Crippen LogP contribution is 2.01. The van der Waals surface area contributed by atoms with E-state index in [0.29, 0.717) is 6.42 Å². The van der Waals surface area contributed by atoms with Gasteiger partial charge in [0, 0.05) is 17.2 Å². The van der Waals surface area contributed by atoms with Crippen LogP contribution in [0.2, 0.25) is 0 Å². The van der Waals surface area contributed by atoms with E-state index in [4.69, 9.17) is 5.73 Å². The van der Waals surface area contributed by atoms with Gasteiger partial charge >= 0.3 is 0 Å². The second-order valence-electron chi connectivity index (χ2n) is 2.19. The van der Waals surface area contributed by atoms with E-state index < -0.39 is 15.7 Å². The highest BCUT2D eigenvalue weighted by Gasteiger charge is 2.05. The van der Waals surface area contributed by atoms with Gasteiger partial charge in [-0.15, -0.1) is 0 Å². The first-order chi connectivity index (χ1) is 4.87. The second-order valence-corrected chi connectivity index (χ2v) is 4.09. The molecule has 11 heavy (non-hydrogen) atoms. The monoisotopic (exact) mass is 177 g/mol. The van der Waals surface area contributed by atoms with Gasteiger partial charge in [0.15, 0.2) is 9.84 Å². The molecule has 2 N–H and O–H groups in total. The Morgan fingerprint density at radius 3 is 2.09 bits per heavy atom. The molecule has 0 aliphatic heterocycles. The summed E-state index contributed by atoms with van der Waals surface area (Å²) in [4.78, 5) is 10.5. The van der Waals surface area contributed by atoms with Crippen LogP contribution < -0.4 is 5.73 Å². The third kappa shape index (κ3) is 4.55. The van der Waals surface area contributed by atoms with Gasteiger partial charge in [-0.3, -0.25) is 4.79 Å². The van der Waals surface area contributed by atoms with Crippen molar-refractivity contribution in [2.24, 2.45) is 5.73 Å². The first kappa shape index (κ1) is 10.2. The maximum absolute atomic E-state index is 10.6. The van der Waals surface area contributed by atoms with Crippen molar-refractivity contribution < 1.29 is 13.2 Å². The molecule has 0 saturated heterocycles. The van der Waals surface area contributed by atoms with Crippen LogP contribution in [0.5, 0.6) is 0 Å². The Labute approximate surface area is 66.0 Å². The number of carbonyl (C=O) groups excluding carboxylic acids is 1. The molecular formula is C6H11NO3S.